The Kier molecular flexibility index (Phi) is 6.18. The highest BCUT2D eigenvalue weighted by atomic mass is 16.5. The molecule has 0 spiro atoms. The van der Waals surface area contributed by atoms with Crippen molar-refractivity contribution in [1.82, 2.24) is 9.47 Å². The molecule has 2 aliphatic heterocycles. The lowest BCUT2D eigenvalue weighted by Gasteiger charge is -2.28. The molecule has 0 unspecified atom stereocenters. The summed E-state index contributed by atoms with van der Waals surface area (Å²) < 4.78 is 12.8. The molecule has 2 aliphatic rings. The summed E-state index contributed by atoms with van der Waals surface area (Å²) in [5.41, 5.74) is 4.15. The number of rotatable bonds is 5. The van der Waals surface area contributed by atoms with Crippen LogP contribution in [0.25, 0.3) is 10.9 Å². The number of hydrogen-bond donors (Lipinski definition) is 0. The fraction of sp³-hybridized carbons (Fsp3) is 0.360. The average molecular weight is 433 g/mol. The average Bonchev–Trinajstić information content (AvgIpc) is 3.21. The van der Waals surface area contributed by atoms with Crippen LogP contribution in [0.4, 0.5) is 11.4 Å². The van der Waals surface area contributed by atoms with Crippen molar-refractivity contribution in [3.05, 3.63) is 60.3 Å². The first-order chi connectivity index (χ1) is 15.8. The van der Waals surface area contributed by atoms with E-state index in [-0.39, 0.29) is 5.91 Å². The van der Waals surface area contributed by atoms with Gasteiger partial charge in [-0.05, 0) is 30.3 Å². The van der Waals surface area contributed by atoms with E-state index in [4.69, 9.17) is 14.5 Å². The van der Waals surface area contributed by atoms with Crippen molar-refractivity contribution >= 4 is 34.4 Å². The number of aliphatic imine (C=N–C) groups is 1. The monoisotopic (exact) mass is 432 g/mol. The van der Waals surface area contributed by atoms with Crippen LogP contribution in [-0.4, -0.2) is 74.2 Å². The summed E-state index contributed by atoms with van der Waals surface area (Å²) in [6.07, 6.45) is 3.91. The second kappa shape index (κ2) is 9.54. The number of anilines is 1. The van der Waals surface area contributed by atoms with Gasteiger partial charge in [-0.25, -0.2) is 0 Å². The van der Waals surface area contributed by atoms with Gasteiger partial charge in [-0.1, -0.05) is 18.2 Å². The first kappa shape index (κ1) is 20.7. The lowest BCUT2D eigenvalue weighted by Crippen LogP contribution is -2.42. The molecule has 1 amide bonds. The molecule has 0 saturated carbocycles. The summed E-state index contributed by atoms with van der Waals surface area (Å²) in [5.74, 6) is 0.122. The maximum absolute atomic E-state index is 12.8. The van der Waals surface area contributed by atoms with E-state index in [2.05, 4.69) is 29.2 Å². The van der Waals surface area contributed by atoms with Crippen LogP contribution in [-0.2, 0) is 20.8 Å². The van der Waals surface area contributed by atoms with Crippen molar-refractivity contribution in [3.63, 3.8) is 0 Å². The predicted octanol–water partition coefficient (Wildman–Crippen LogP) is 3.09. The summed E-state index contributed by atoms with van der Waals surface area (Å²) in [5, 5.41) is 1.09. The maximum atomic E-state index is 12.8. The summed E-state index contributed by atoms with van der Waals surface area (Å²) in [4.78, 5) is 21.7. The van der Waals surface area contributed by atoms with Crippen molar-refractivity contribution in [2.75, 3.05) is 57.5 Å². The number of benzene rings is 2. The standard InChI is InChI=1S/C25H28N4O3/c30-25(28-11-15-32-16-12-28)19-29-18-20(23-3-1-2-4-24(23)29)17-26-21-5-7-22(8-6-21)27-9-13-31-14-10-27/h1-8,17-18H,9-16,19H2. The summed E-state index contributed by atoms with van der Waals surface area (Å²) >= 11 is 0. The van der Waals surface area contributed by atoms with Crippen LogP contribution >= 0.6 is 0 Å². The first-order valence-electron chi connectivity index (χ1n) is 11.2. The van der Waals surface area contributed by atoms with E-state index in [0.29, 0.717) is 32.8 Å². The van der Waals surface area contributed by atoms with Gasteiger partial charge in [0.2, 0.25) is 5.91 Å². The number of morpholine rings is 2. The zero-order valence-corrected chi connectivity index (χ0v) is 18.2. The minimum absolute atomic E-state index is 0.122. The number of ether oxygens (including phenoxy) is 2. The fourth-order valence-corrected chi connectivity index (χ4v) is 4.28. The van der Waals surface area contributed by atoms with Crippen molar-refractivity contribution in [3.8, 4) is 0 Å². The van der Waals surface area contributed by atoms with E-state index in [9.17, 15) is 4.79 Å². The molecule has 2 saturated heterocycles. The maximum Gasteiger partial charge on any atom is 0.242 e. The van der Waals surface area contributed by atoms with E-state index >= 15 is 0 Å². The lowest BCUT2D eigenvalue weighted by atomic mass is 10.2. The quantitative estimate of drug-likeness (QED) is 0.582. The molecular weight excluding hydrogens is 404 g/mol. The zero-order chi connectivity index (χ0) is 21.8. The molecule has 1 aromatic heterocycles. The number of nitrogens with zero attached hydrogens (tertiary/aromatic N) is 4. The van der Waals surface area contributed by atoms with E-state index in [1.807, 2.05) is 46.1 Å². The Bertz CT molecular complexity index is 1090. The third-order valence-corrected chi connectivity index (χ3v) is 6.07. The molecule has 166 valence electrons. The Morgan fingerprint density at radius 1 is 0.906 bits per heavy atom. The van der Waals surface area contributed by atoms with E-state index in [1.54, 1.807) is 0 Å². The smallest absolute Gasteiger partial charge is 0.242 e. The third kappa shape index (κ3) is 4.54. The third-order valence-electron chi connectivity index (χ3n) is 6.07. The van der Waals surface area contributed by atoms with Gasteiger partial charge in [-0.15, -0.1) is 0 Å². The molecule has 7 heteroatoms. The van der Waals surface area contributed by atoms with Gasteiger partial charge in [0.15, 0.2) is 0 Å². The van der Waals surface area contributed by atoms with Crippen LogP contribution in [0.1, 0.15) is 5.56 Å². The summed E-state index contributed by atoms with van der Waals surface area (Å²) in [6, 6.07) is 16.5. The second-order valence-corrected chi connectivity index (χ2v) is 8.10. The number of aromatic nitrogens is 1. The molecule has 0 atom stereocenters. The molecule has 0 bridgehead atoms. The second-order valence-electron chi connectivity index (χ2n) is 8.10. The number of carbonyl (C=O) groups is 1. The Morgan fingerprint density at radius 2 is 1.59 bits per heavy atom. The highest BCUT2D eigenvalue weighted by Crippen LogP contribution is 2.23. The number of hydrogen-bond acceptors (Lipinski definition) is 5. The molecule has 3 heterocycles. The van der Waals surface area contributed by atoms with Crippen molar-refractivity contribution in [1.29, 1.82) is 0 Å². The Hall–Kier alpha value is -3.16. The molecular formula is C25H28N4O3. The molecule has 0 aliphatic carbocycles. The zero-order valence-electron chi connectivity index (χ0n) is 18.2. The Labute approximate surface area is 187 Å². The van der Waals surface area contributed by atoms with Gasteiger partial charge in [0, 0.05) is 60.7 Å². The van der Waals surface area contributed by atoms with Crippen LogP contribution in [0, 0.1) is 0 Å². The molecule has 2 fully saturated rings. The lowest BCUT2D eigenvalue weighted by molar-refractivity contribution is -0.135. The number of amides is 1. The SMILES string of the molecule is O=C(Cn1cc(C=Nc2ccc(N3CCOCC3)cc2)c2ccccc21)N1CCOCC1. The molecule has 32 heavy (non-hydrogen) atoms. The highest BCUT2D eigenvalue weighted by molar-refractivity contribution is 6.00. The molecule has 0 radical (unpaired) electrons. The van der Waals surface area contributed by atoms with Crippen molar-refractivity contribution in [2.45, 2.75) is 6.54 Å². The van der Waals surface area contributed by atoms with Crippen molar-refractivity contribution in [2.24, 2.45) is 4.99 Å². The van der Waals surface area contributed by atoms with Crippen LogP contribution in [0.5, 0.6) is 0 Å². The minimum Gasteiger partial charge on any atom is -0.378 e. The van der Waals surface area contributed by atoms with Gasteiger partial charge >= 0.3 is 0 Å². The van der Waals surface area contributed by atoms with Gasteiger partial charge < -0.3 is 23.8 Å². The van der Waals surface area contributed by atoms with Gasteiger partial charge in [0.25, 0.3) is 0 Å². The van der Waals surface area contributed by atoms with E-state index < -0.39 is 0 Å². The van der Waals surface area contributed by atoms with Crippen molar-refractivity contribution < 1.29 is 14.3 Å². The van der Waals surface area contributed by atoms with Gasteiger partial charge in [0.05, 0.1) is 32.1 Å². The normalized spacial score (nSPS) is 17.4. The Morgan fingerprint density at radius 3 is 2.34 bits per heavy atom. The van der Waals surface area contributed by atoms with E-state index in [1.165, 1.54) is 5.69 Å². The summed E-state index contributed by atoms with van der Waals surface area (Å²) in [6.45, 7) is 6.26. The van der Waals surface area contributed by atoms with Gasteiger partial charge in [0.1, 0.15) is 6.54 Å². The molecule has 0 N–H and O–H groups in total. The number of fused-ring (bicyclic) bond motifs is 1. The van der Waals surface area contributed by atoms with E-state index in [0.717, 1.165) is 48.5 Å². The minimum atomic E-state index is 0.122. The first-order valence-corrected chi connectivity index (χ1v) is 11.2. The topological polar surface area (TPSA) is 59.3 Å². The van der Waals surface area contributed by atoms with Gasteiger partial charge in [-0.3, -0.25) is 9.79 Å². The van der Waals surface area contributed by atoms with Gasteiger partial charge in [-0.2, -0.15) is 0 Å². The van der Waals surface area contributed by atoms with Crippen LogP contribution in [0.2, 0.25) is 0 Å². The fourth-order valence-electron chi connectivity index (χ4n) is 4.28. The molecule has 3 aromatic rings. The highest BCUT2D eigenvalue weighted by Gasteiger charge is 2.18. The molecule has 7 nitrogen and oxygen atoms in total. The molecule has 5 rings (SSSR count). The molecule has 2 aromatic carbocycles. The number of para-hydroxylation sites is 1. The van der Waals surface area contributed by atoms with Crippen LogP contribution in [0.3, 0.4) is 0 Å². The predicted molar refractivity (Wildman–Crippen MR) is 126 cm³/mol. The van der Waals surface area contributed by atoms with Crippen LogP contribution < -0.4 is 4.90 Å². The number of carbonyl (C=O) groups excluding carboxylic acids is 1. The largest absolute Gasteiger partial charge is 0.378 e. The Balaban J connectivity index is 1.33. The van der Waals surface area contributed by atoms with Crippen LogP contribution in [0.15, 0.2) is 59.7 Å². The summed E-state index contributed by atoms with van der Waals surface area (Å²) in [7, 11) is 0.